The molecule has 9 heteroatoms. The molecule has 0 atom stereocenters. The summed E-state index contributed by atoms with van der Waals surface area (Å²) < 4.78 is 32.9. The highest BCUT2D eigenvalue weighted by Crippen LogP contribution is 2.33. The normalized spacial score (nSPS) is 11.5. The van der Waals surface area contributed by atoms with Gasteiger partial charge in [-0.3, -0.25) is 4.79 Å². The number of methoxy groups -OCH3 is 1. The Kier molecular flexibility index (Phi) is 6.89. The zero-order valence-electron chi connectivity index (χ0n) is 18.5. The topological polar surface area (TPSA) is 77.4 Å². The molecule has 0 bridgehead atoms. The summed E-state index contributed by atoms with van der Waals surface area (Å²) in [5.74, 6) is -0.192. The number of nitrogens with zero attached hydrogens (tertiary/aromatic N) is 1. The monoisotopic (exact) mass is 516 g/mol. The van der Waals surface area contributed by atoms with Crippen molar-refractivity contribution in [3.8, 4) is 5.75 Å². The molecule has 1 aromatic heterocycles. The Morgan fingerprint density at radius 2 is 1.71 bits per heavy atom. The minimum atomic E-state index is -3.74. The van der Waals surface area contributed by atoms with Crippen LogP contribution in [0.3, 0.4) is 0 Å². The maximum absolute atomic E-state index is 13.2. The first-order chi connectivity index (χ1) is 16.2. The molecule has 176 valence electrons. The Labute approximate surface area is 208 Å². The van der Waals surface area contributed by atoms with Gasteiger partial charge in [-0.25, -0.2) is 12.4 Å². The van der Waals surface area contributed by atoms with E-state index in [1.165, 1.54) is 17.1 Å². The number of carbonyl (C=O) groups is 1. The van der Waals surface area contributed by atoms with Crippen LogP contribution in [0.1, 0.15) is 21.5 Å². The quantitative estimate of drug-likeness (QED) is 0.353. The summed E-state index contributed by atoms with van der Waals surface area (Å²) in [6, 6.07) is 17.2. The molecule has 4 rings (SSSR count). The Balaban J connectivity index is 1.54. The van der Waals surface area contributed by atoms with E-state index in [9.17, 15) is 13.2 Å². The van der Waals surface area contributed by atoms with Crippen molar-refractivity contribution in [1.29, 1.82) is 0 Å². The van der Waals surface area contributed by atoms with E-state index in [4.69, 9.17) is 27.9 Å². The van der Waals surface area contributed by atoms with E-state index in [0.717, 1.165) is 16.5 Å². The van der Waals surface area contributed by atoms with Gasteiger partial charge >= 0.3 is 0 Å². The lowest BCUT2D eigenvalue weighted by molar-refractivity contribution is 0.0951. The molecule has 1 N–H and O–H groups in total. The number of nitrogens with one attached hydrogen (secondary N) is 1. The van der Waals surface area contributed by atoms with Gasteiger partial charge in [0.25, 0.3) is 15.9 Å². The van der Waals surface area contributed by atoms with E-state index < -0.39 is 15.9 Å². The Morgan fingerprint density at radius 3 is 2.41 bits per heavy atom. The molecular weight excluding hydrogens is 495 g/mol. The number of carbonyl (C=O) groups excluding carboxylic acids is 1. The van der Waals surface area contributed by atoms with Gasteiger partial charge in [0.05, 0.1) is 27.6 Å². The summed E-state index contributed by atoms with van der Waals surface area (Å²) in [6.45, 7) is 2.21. The SMILES string of the molecule is COc1c(Cl)ccc(Cl)c1C(=O)NCCc1ccc2ccn(S(=O)(=O)c3ccc(C)cc3)c2c1. The van der Waals surface area contributed by atoms with E-state index in [1.54, 1.807) is 42.6 Å². The lowest BCUT2D eigenvalue weighted by Crippen LogP contribution is -2.26. The average molecular weight is 517 g/mol. The van der Waals surface area contributed by atoms with Crippen molar-refractivity contribution in [2.45, 2.75) is 18.2 Å². The first kappa shape index (κ1) is 24.1. The van der Waals surface area contributed by atoms with Crippen molar-refractivity contribution in [3.63, 3.8) is 0 Å². The Bertz CT molecular complexity index is 1480. The van der Waals surface area contributed by atoms with Gasteiger partial charge in [-0.1, -0.05) is 53.0 Å². The number of aromatic nitrogens is 1. The number of benzene rings is 3. The summed E-state index contributed by atoms with van der Waals surface area (Å²) in [4.78, 5) is 12.9. The molecule has 0 unspecified atom stereocenters. The third-order valence-electron chi connectivity index (χ3n) is 5.49. The van der Waals surface area contributed by atoms with Crippen molar-refractivity contribution in [1.82, 2.24) is 9.29 Å². The van der Waals surface area contributed by atoms with Gasteiger partial charge in [0.1, 0.15) is 5.56 Å². The van der Waals surface area contributed by atoms with Crippen LogP contribution in [0.25, 0.3) is 10.9 Å². The van der Waals surface area contributed by atoms with Gasteiger partial charge < -0.3 is 10.1 Å². The van der Waals surface area contributed by atoms with Gasteiger partial charge in [-0.15, -0.1) is 0 Å². The molecule has 0 aliphatic heterocycles. The average Bonchev–Trinajstić information content (AvgIpc) is 3.24. The van der Waals surface area contributed by atoms with Gasteiger partial charge in [0.2, 0.25) is 0 Å². The van der Waals surface area contributed by atoms with Crippen molar-refractivity contribution in [3.05, 3.63) is 93.6 Å². The molecule has 0 fully saturated rings. The molecule has 0 aliphatic carbocycles. The highest BCUT2D eigenvalue weighted by atomic mass is 35.5. The zero-order valence-corrected chi connectivity index (χ0v) is 20.8. The summed E-state index contributed by atoms with van der Waals surface area (Å²) in [6.07, 6.45) is 2.04. The number of hydrogen-bond donors (Lipinski definition) is 1. The van der Waals surface area contributed by atoms with Crippen LogP contribution in [-0.4, -0.2) is 32.0 Å². The highest BCUT2D eigenvalue weighted by molar-refractivity contribution is 7.90. The van der Waals surface area contributed by atoms with Crippen LogP contribution in [0.4, 0.5) is 0 Å². The molecule has 0 aliphatic rings. The Morgan fingerprint density at radius 1 is 1.00 bits per heavy atom. The zero-order chi connectivity index (χ0) is 24.5. The summed E-state index contributed by atoms with van der Waals surface area (Å²) in [7, 11) is -2.32. The molecule has 4 aromatic rings. The number of hydrogen-bond acceptors (Lipinski definition) is 4. The molecule has 0 saturated heterocycles. The second kappa shape index (κ2) is 9.70. The number of fused-ring (bicyclic) bond motifs is 1. The minimum Gasteiger partial charge on any atom is -0.494 e. The number of halogens is 2. The third-order valence-corrected chi connectivity index (χ3v) is 7.81. The fourth-order valence-corrected chi connectivity index (χ4v) is 5.51. The van der Waals surface area contributed by atoms with E-state index in [1.807, 2.05) is 25.1 Å². The Hall–Kier alpha value is -3.00. The number of amides is 1. The van der Waals surface area contributed by atoms with E-state index in [0.29, 0.717) is 18.5 Å². The van der Waals surface area contributed by atoms with Crippen molar-refractivity contribution < 1.29 is 17.9 Å². The summed E-state index contributed by atoms with van der Waals surface area (Å²) in [5.41, 5.74) is 2.60. The molecule has 0 spiro atoms. The molecular formula is C25H22Cl2N2O4S. The van der Waals surface area contributed by atoms with E-state index >= 15 is 0 Å². The lowest BCUT2D eigenvalue weighted by Gasteiger charge is -2.12. The van der Waals surface area contributed by atoms with Crippen LogP contribution in [0.5, 0.6) is 5.75 Å². The van der Waals surface area contributed by atoms with E-state index in [2.05, 4.69) is 5.32 Å². The van der Waals surface area contributed by atoms with Gasteiger partial charge in [-0.2, -0.15) is 0 Å². The van der Waals surface area contributed by atoms with Gasteiger partial charge in [-0.05, 0) is 55.3 Å². The molecule has 0 saturated carbocycles. The minimum absolute atomic E-state index is 0.171. The fourth-order valence-electron chi connectivity index (χ4n) is 3.69. The molecule has 6 nitrogen and oxygen atoms in total. The van der Waals surface area contributed by atoms with Crippen LogP contribution >= 0.6 is 23.2 Å². The van der Waals surface area contributed by atoms with Crippen LogP contribution in [0.15, 0.2) is 71.8 Å². The van der Waals surface area contributed by atoms with Crippen molar-refractivity contribution in [2.24, 2.45) is 0 Å². The maximum Gasteiger partial charge on any atom is 0.268 e. The van der Waals surface area contributed by atoms with Crippen LogP contribution in [-0.2, 0) is 16.4 Å². The molecule has 34 heavy (non-hydrogen) atoms. The third kappa shape index (κ3) is 4.64. The predicted octanol–water partition coefficient (Wildman–Crippen LogP) is 5.47. The molecule has 1 amide bonds. The molecule has 3 aromatic carbocycles. The number of ether oxygens (including phenoxy) is 1. The van der Waals surface area contributed by atoms with Gasteiger partial charge in [0, 0.05) is 18.1 Å². The van der Waals surface area contributed by atoms with Crippen molar-refractivity contribution >= 4 is 50.0 Å². The van der Waals surface area contributed by atoms with Crippen LogP contribution in [0, 0.1) is 6.92 Å². The van der Waals surface area contributed by atoms with E-state index in [-0.39, 0.29) is 26.3 Å². The van der Waals surface area contributed by atoms with Crippen molar-refractivity contribution in [2.75, 3.05) is 13.7 Å². The summed E-state index contributed by atoms with van der Waals surface area (Å²) >= 11 is 12.3. The first-order valence-electron chi connectivity index (χ1n) is 10.4. The summed E-state index contributed by atoms with van der Waals surface area (Å²) in [5, 5.41) is 4.15. The number of rotatable bonds is 7. The van der Waals surface area contributed by atoms with Gasteiger partial charge in [0.15, 0.2) is 5.75 Å². The maximum atomic E-state index is 13.2. The first-order valence-corrected chi connectivity index (χ1v) is 12.6. The number of aryl methyl sites for hydroxylation is 1. The largest absolute Gasteiger partial charge is 0.494 e. The van der Waals surface area contributed by atoms with Crippen LogP contribution < -0.4 is 10.1 Å². The molecule has 0 radical (unpaired) electrons. The fraction of sp³-hybridized carbons (Fsp3) is 0.160. The second-order valence-electron chi connectivity index (χ2n) is 7.77. The smallest absolute Gasteiger partial charge is 0.268 e. The highest BCUT2D eigenvalue weighted by Gasteiger charge is 2.20. The molecule has 1 heterocycles. The predicted molar refractivity (Wildman–Crippen MR) is 135 cm³/mol. The standard InChI is InChI=1S/C25H22Cl2N2O4S/c1-16-3-7-19(8-4-16)34(31,32)29-14-12-18-6-5-17(15-22(18)29)11-13-28-25(30)23-20(26)9-10-21(27)24(23)33-2/h3-10,12,14-15H,11,13H2,1-2H3,(H,28,30). The second-order valence-corrected chi connectivity index (χ2v) is 10.4. The van der Waals surface area contributed by atoms with Crippen LogP contribution in [0.2, 0.25) is 10.0 Å². The lowest BCUT2D eigenvalue weighted by atomic mass is 10.1.